The molecule has 1 fully saturated rings. The fourth-order valence-corrected chi connectivity index (χ4v) is 3.12. The minimum Gasteiger partial charge on any atom is -0.309 e. The van der Waals surface area contributed by atoms with Gasteiger partial charge in [-0.2, -0.15) is 0 Å². The second-order valence-corrected chi connectivity index (χ2v) is 5.80. The first-order valence-electron chi connectivity index (χ1n) is 6.68. The lowest BCUT2D eigenvalue weighted by molar-refractivity contribution is -0.384. The van der Waals surface area contributed by atoms with Gasteiger partial charge in [0.05, 0.1) is 10.5 Å². The molecule has 1 aliphatic rings. The van der Waals surface area contributed by atoms with E-state index in [9.17, 15) is 14.9 Å². The standard InChI is InChI=1S/C15H19N3O3/c1-16(2)9-13-14(10-19)15(13,17(3)4)11-5-7-12(8-6-11)18(20)21/h5-8,13H,9H2,1-4H3. The number of hydrogen-bond donors (Lipinski definition) is 0. The fraction of sp³-hybridized carbons (Fsp3) is 0.467. The maximum absolute atomic E-state index is 11.3. The highest BCUT2D eigenvalue weighted by molar-refractivity contribution is 5.71. The van der Waals surface area contributed by atoms with Crippen LogP contribution in [-0.2, 0) is 10.3 Å². The number of nitrogens with zero attached hydrogens (tertiary/aromatic N) is 3. The Balaban J connectivity index is 2.45. The van der Waals surface area contributed by atoms with Crippen LogP contribution in [0.5, 0.6) is 0 Å². The highest BCUT2D eigenvalue weighted by atomic mass is 16.6. The summed E-state index contributed by atoms with van der Waals surface area (Å²) in [4.78, 5) is 25.7. The number of hydrogen-bond acceptors (Lipinski definition) is 5. The van der Waals surface area contributed by atoms with E-state index in [2.05, 4.69) is 5.94 Å². The quantitative estimate of drug-likeness (QED) is 0.464. The molecule has 0 spiro atoms. The summed E-state index contributed by atoms with van der Waals surface area (Å²) in [6.45, 7) is 0.736. The average molecular weight is 289 g/mol. The van der Waals surface area contributed by atoms with Crippen LogP contribution in [0.2, 0.25) is 0 Å². The molecular weight excluding hydrogens is 270 g/mol. The summed E-state index contributed by atoms with van der Waals surface area (Å²) in [6.07, 6.45) is 0. The van der Waals surface area contributed by atoms with Gasteiger partial charge in [0.1, 0.15) is 5.94 Å². The monoisotopic (exact) mass is 289 g/mol. The van der Waals surface area contributed by atoms with Crippen LogP contribution in [0, 0.1) is 16.0 Å². The molecule has 1 saturated carbocycles. The molecule has 0 radical (unpaired) electrons. The molecule has 0 amide bonds. The van der Waals surface area contributed by atoms with Gasteiger partial charge in [0, 0.05) is 30.2 Å². The molecule has 21 heavy (non-hydrogen) atoms. The predicted octanol–water partition coefficient (Wildman–Crippen LogP) is 1.30. The van der Waals surface area contributed by atoms with Crippen molar-refractivity contribution in [3.8, 4) is 0 Å². The molecule has 0 heterocycles. The lowest BCUT2D eigenvalue weighted by Gasteiger charge is -2.26. The largest absolute Gasteiger partial charge is 0.309 e. The number of benzene rings is 1. The van der Waals surface area contributed by atoms with Crippen LogP contribution in [0.3, 0.4) is 0 Å². The third kappa shape index (κ3) is 2.38. The van der Waals surface area contributed by atoms with E-state index < -0.39 is 10.5 Å². The molecule has 1 aromatic rings. The predicted molar refractivity (Wildman–Crippen MR) is 79.7 cm³/mol. The summed E-state index contributed by atoms with van der Waals surface area (Å²) < 4.78 is 0. The second-order valence-electron chi connectivity index (χ2n) is 5.80. The van der Waals surface area contributed by atoms with Crippen molar-refractivity contribution in [1.82, 2.24) is 9.80 Å². The highest BCUT2D eigenvalue weighted by Gasteiger charge is 2.64. The molecular formula is C15H19N3O3. The molecule has 6 heteroatoms. The average Bonchev–Trinajstić information content (AvgIpc) is 3.06. The van der Waals surface area contributed by atoms with Crippen LogP contribution in [-0.4, -0.2) is 55.4 Å². The van der Waals surface area contributed by atoms with Gasteiger partial charge in [-0.05, 0) is 45.9 Å². The van der Waals surface area contributed by atoms with Gasteiger partial charge in [0.25, 0.3) is 5.69 Å². The van der Waals surface area contributed by atoms with E-state index in [4.69, 9.17) is 0 Å². The molecule has 1 aliphatic carbocycles. The Labute approximate surface area is 123 Å². The Bertz CT molecular complexity index is 603. The Kier molecular flexibility index (Phi) is 3.96. The highest BCUT2D eigenvalue weighted by Crippen LogP contribution is 2.59. The van der Waals surface area contributed by atoms with Crippen LogP contribution in [0.4, 0.5) is 5.69 Å². The first-order chi connectivity index (χ1) is 9.85. The third-order valence-electron chi connectivity index (χ3n) is 4.06. The summed E-state index contributed by atoms with van der Waals surface area (Å²) in [5.41, 5.74) is 1.15. The maximum atomic E-state index is 11.3. The van der Waals surface area contributed by atoms with Gasteiger partial charge in [-0.3, -0.25) is 15.0 Å². The summed E-state index contributed by atoms with van der Waals surface area (Å²) in [6, 6.07) is 6.42. The second kappa shape index (κ2) is 5.41. The minimum atomic E-state index is -0.499. The van der Waals surface area contributed by atoms with Gasteiger partial charge < -0.3 is 4.90 Å². The van der Waals surface area contributed by atoms with Crippen LogP contribution in [0.1, 0.15) is 5.56 Å². The molecule has 0 N–H and O–H groups in total. The van der Waals surface area contributed by atoms with Gasteiger partial charge >= 0.3 is 0 Å². The molecule has 6 nitrogen and oxygen atoms in total. The van der Waals surface area contributed by atoms with Crippen molar-refractivity contribution in [2.45, 2.75) is 5.54 Å². The minimum absolute atomic E-state index is 0.0501. The molecule has 0 aromatic heterocycles. The summed E-state index contributed by atoms with van der Waals surface area (Å²) in [7, 11) is 7.73. The van der Waals surface area contributed by atoms with Crippen molar-refractivity contribution in [3.63, 3.8) is 0 Å². The number of nitro benzene ring substituents is 1. The Hall–Kier alpha value is -2.01. The molecule has 2 atom stereocenters. The zero-order valence-corrected chi connectivity index (χ0v) is 12.7. The summed E-state index contributed by atoms with van der Waals surface area (Å²) in [5, 5.41) is 10.8. The van der Waals surface area contributed by atoms with Crippen molar-refractivity contribution >= 4 is 11.6 Å². The zero-order valence-electron chi connectivity index (χ0n) is 12.7. The first kappa shape index (κ1) is 15.4. The van der Waals surface area contributed by atoms with Crippen molar-refractivity contribution in [2.24, 2.45) is 5.92 Å². The van der Waals surface area contributed by atoms with Crippen molar-refractivity contribution in [1.29, 1.82) is 0 Å². The van der Waals surface area contributed by atoms with Gasteiger partial charge in [-0.15, -0.1) is 0 Å². The van der Waals surface area contributed by atoms with E-state index >= 15 is 0 Å². The number of rotatable bonds is 5. The van der Waals surface area contributed by atoms with Crippen molar-refractivity contribution < 1.29 is 9.72 Å². The molecule has 1 aromatic carbocycles. The molecule has 112 valence electrons. The van der Waals surface area contributed by atoms with E-state index in [-0.39, 0.29) is 11.6 Å². The Morgan fingerprint density at radius 2 is 1.81 bits per heavy atom. The van der Waals surface area contributed by atoms with Crippen LogP contribution >= 0.6 is 0 Å². The number of nitro groups is 1. The number of non-ortho nitro benzene ring substituents is 1. The maximum Gasteiger partial charge on any atom is 0.269 e. The molecule has 2 unspecified atom stereocenters. The third-order valence-corrected chi connectivity index (χ3v) is 4.06. The van der Waals surface area contributed by atoms with Gasteiger partial charge in [-0.1, -0.05) is 0 Å². The van der Waals surface area contributed by atoms with E-state index in [1.54, 1.807) is 12.1 Å². The lowest BCUT2D eigenvalue weighted by atomic mass is 10.00. The van der Waals surface area contributed by atoms with E-state index in [0.717, 1.165) is 12.1 Å². The Morgan fingerprint density at radius 3 is 2.19 bits per heavy atom. The van der Waals surface area contributed by atoms with Gasteiger partial charge in [-0.25, -0.2) is 4.79 Å². The first-order valence-corrected chi connectivity index (χ1v) is 6.68. The lowest BCUT2D eigenvalue weighted by Crippen LogP contribution is -2.32. The van der Waals surface area contributed by atoms with Crippen molar-refractivity contribution in [2.75, 3.05) is 34.7 Å². The van der Waals surface area contributed by atoms with Crippen LogP contribution in [0.25, 0.3) is 0 Å². The van der Waals surface area contributed by atoms with E-state index in [1.165, 1.54) is 12.1 Å². The van der Waals surface area contributed by atoms with Crippen molar-refractivity contribution in [3.05, 3.63) is 45.5 Å². The van der Waals surface area contributed by atoms with E-state index in [0.29, 0.717) is 5.57 Å². The summed E-state index contributed by atoms with van der Waals surface area (Å²) in [5.74, 6) is 2.12. The molecule has 0 aliphatic heterocycles. The SMILES string of the molecule is CN(C)CC1C(=C=O)C1(c1ccc([N+](=O)[O-])cc1)N(C)C. The normalized spacial score (nSPS) is 24.3. The number of carbonyl (C=O) groups excluding carboxylic acids is 1. The Morgan fingerprint density at radius 1 is 1.24 bits per heavy atom. The molecule has 0 bridgehead atoms. The topological polar surface area (TPSA) is 66.7 Å². The fourth-order valence-electron chi connectivity index (χ4n) is 3.12. The number of likely N-dealkylation sites (N-methyl/N-ethyl adjacent to an activating group) is 1. The summed E-state index contributed by atoms with van der Waals surface area (Å²) >= 11 is 0. The van der Waals surface area contributed by atoms with E-state index in [1.807, 2.05) is 38.0 Å². The zero-order chi connectivity index (χ0) is 15.8. The smallest absolute Gasteiger partial charge is 0.269 e. The van der Waals surface area contributed by atoms with Gasteiger partial charge in [0.15, 0.2) is 0 Å². The molecule has 0 saturated heterocycles. The van der Waals surface area contributed by atoms with Crippen LogP contribution in [0.15, 0.2) is 29.8 Å². The van der Waals surface area contributed by atoms with Gasteiger partial charge in [0.2, 0.25) is 0 Å². The van der Waals surface area contributed by atoms with Crippen LogP contribution < -0.4 is 0 Å². The molecule has 2 rings (SSSR count).